The maximum Gasteiger partial charge on any atom is 0.336 e. The zero-order valence-corrected chi connectivity index (χ0v) is 8.18. The SMILES string of the molecule is COc1ccc(C(=O)O)c(C)c1[N+](=O)[O-]. The number of nitro groups is 1. The molecular formula is C9H9NO5. The van der Waals surface area contributed by atoms with E-state index in [2.05, 4.69) is 0 Å². The molecule has 1 rings (SSSR count). The number of carboxylic acid groups (broad SMARTS) is 1. The van der Waals surface area contributed by atoms with Crippen molar-refractivity contribution in [2.45, 2.75) is 6.92 Å². The van der Waals surface area contributed by atoms with E-state index in [1.165, 1.54) is 26.2 Å². The van der Waals surface area contributed by atoms with Crippen molar-refractivity contribution in [3.8, 4) is 5.75 Å². The zero-order valence-electron chi connectivity index (χ0n) is 8.18. The van der Waals surface area contributed by atoms with Crippen molar-refractivity contribution in [1.29, 1.82) is 0 Å². The minimum atomic E-state index is -1.20. The number of rotatable bonds is 3. The zero-order chi connectivity index (χ0) is 11.6. The van der Waals surface area contributed by atoms with Crippen LogP contribution in [0.25, 0.3) is 0 Å². The molecule has 0 amide bonds. The maximum absolute atomic E-state index is 10.7. The Balaban J connectivity index is 3.49. The van der Waals surface area contributed by atoms with Gasteiger partial charge in [0.15, 0.2) is 5.75 Å². The van der Waals surface area contributed by atoms with Crippen molar-refractivity contribution >= 4 is 11.7 Å². The minimum absolute atomic E-state index is 0.0579. The fourth-order valence-corrected chi connectivity index (χ4v) is 1.30. The van der Waals surface area contributed by atoms with Crippen molar-refractivity contribution in [2.24, 2.45) is 0 Å². The van der Waals surface area contributed by atoms with Gasteiger partial charge in [0.05, 0.1) is 17.6 Å². The Morgan fingerprint density at radius 3 is 2.53 bits per heavy atom. The number of ether oxygens (including phenoxy) is 1. The molecule has 1 aromatic rings. The van der Waals surface area contributed by atoms with Crippen molar-refractivity contribution in [1.82, 2.24) is 0 Å². The molecule has 0 saturated heterocycles. The Bertz CT molecular complexity index is 427. The van der Waals surface area contributed by atoms with Gasteiger partial charge in [-0.2, -0.15) is 0 Å². The van der Waals surface area contributed by atoms with Crippen LogP contribution >= 0.6 is 0 Å². The molecule has 0 radical (unpaired) electrons. The average Bonchev–Trinajstić information content (AvgIpc) is 2.15. The van der Waals surface area contributed by atoms with E-state index in [9.17, 15) is 14.9 Å². The molecule has 1 N–H and O–H groups in total. The fourth-order valence-electron chi connectivity index (χ4n) is 1.30. The third-order valence-electron chi connectivity index (χ3n) is 2.03. The molecular weight excluding hydrogens is 202 g/mol. The number of benzene rings is 1. The van der Waals surface area contributed by atoms with Crippen LogP contribution in [-0.4, -0.2) is 23.1 Å². The van der Waals surface area contributed by atoms with Gasteiger partial charge in [-0.25, -0.2) is 4.79 Å². The summed E-state index contributed by atoms with van der Waals surface area (Å²) in [5, 5.41) is 19.5. The van der Waals surface area contributed by atoms with Gasteiger partial charge in [0, 0.05) is 5.56 Å². The van der Waals surface area contributed by atoms with Crippen LogP contribution in [-0.2, 0) is 0 Å². The number of hydrogen-bond acceptors (Lipinski definition) is 4. The van der Waals surface area contributed by atoms with E-state index in [0.717, 1.165) is 0 Å². The second kappa shape index (κ2) is 3.95. The maximum atomic E-state index is 10.7. The third kappa shape index (κ3) is 1.88. The summed E-state index contributed by atoms with van der Waals surface area (Å²) in [5.74, 6) is -1.14. The van der Waals surface area contributed by atoms with Gasteiger partial charge < -0.3 is 9.84 Å². The van der Waals surface area contributed by atoms with Crippen LogP contribution in [0.2, 0.25) is 0 Å². The largest absolute Gasteiger partial charge is 0.490 e. The highest BCUT2D eigenvalue weighted by Crippen LogP contribution is 2.32. The summed E-state index contributed by atoms with van der Waals surface area (Å²) < 4.78 is 4.79. The number of methoxy groups -OCH3 is 1. The first kappa shape index (κ1) is 11.0. The first-order valence-corrected chi connectivity index (χ1v) is 4.04. The van der Waals surface area contributed by atoms with Crippen molar-refractivity contribution in [2.75, 3.05) is 7.11 Å². The Morgan fingerprint density at radius 2 is 2.13 bits per heavy atom. The topological polar surface area (TPSA) is 89.7 Å². The summed E-state index contributed by atoms with van der Waals surface area (Å²) >= 11 is 0. The fraction of sp³-hybridized carbons (Fsp3) is 0.222. The lowest BCUT2D eigenvalue weighted by atomic mass is 10.1. The van der Waals surface area contributed by atoms with Gasteiger partial charge in [-0.05, 0) is 19.1 Å². The van der Waals surface area contributed by atoms with Crippen LogP contribution in [0.1, 0.15) is 15.9 Å². The summed E-state index contributed by atoms with van der Waals surface area (Å²) in [5.41, 5.74) is -0.313. The molecule has 0 heterocycles. The highest BCUT2D eigenvalue weighted by Gasteiger charge is 2.23. The van der Waals surface area contributed by atoms with Crippen LogP contribution in [0.3, 0.4) is 0 Å². The number of aromatic carboxylic acids is 1. The lowest BCUT2D eigenvalue weighted by Crippen LogP contribution is -2.04. The molecule has 1 aromatic carbocycles. The Morgan fingerprint density at radius 1 is 1.53 bits per heavy atom. The van der Waals surface area contributed by atoms with E-state index >= 15 is 0 Å². The van der Waals surface area contributed by atoms with Crippen LogP contribution in [0.15, 0.2) is 12.1 Å². The first-order valence-electron chi connectivity index (χ1n) is 4.04. The van der Waals surface area contributed by atoms with E-state index in [1.54, 1.807) is 0 Å². The van der Waals surface area contributed by atoms with Crippen molar-refractivity contribution in [3.63, 3.8) is 0 Å². The van der Waals surface area contributed by atoms with E-state index < -0.39 is 10.9 Å². The van der Waals surface area contributed by atoms with Gasteiger partial charge in [0.1, 0.15) is 0 Å². The Kier molecular flexibility index (Phi) is 2.89. The van der Waals surface area contributed by atoms with E-state index in [1.807, 2.05) is 0 Å². The number of nitro benzene ring substituents is 1. The monoisotopic (exact) mass is 211 g/mol. The predicted octanol–water partition coefficient (Wildman–Crippen LogP) is 1.61. The molecule has 15 heavy (non-hydrogen) atoms. The molecule has 0 fully saturated rings. The molecule has 0 unspecified atom stereocenters. The van der Waals surface area contributed by atoms with Gasteiger partial charge in [-0.3, -0.25) is 10.1 Å². The number of nitrogens with zero attached hydrogens (tertiary/aromatic N) is 1. The van der Waals surface area contributed by atoms with Gasteiger partial charge in [0.2, 0.25) is 0 Å². The molecule has 0 saturated carbocycles. The average molecular weight is 211 g/mol. The summed E-state index contributed by atoms with van der Waals surface area (Å²) in [6.07, 6.45) is 0. The summed E-state index contributed by atoms with van der Waals surface area (Å²) in [7, 11) is 1.29. The van der Waals surface area contributed by atoms with Crippen LogP contribution in [0.4, 0.5) is 5.69 Å². The highest BCUT2D eigenvalue weighted by atomic mass is 16.6. The highest BCUT2D eigenvalue weighted by molar-refractivity contribution is 5.91. The molecule has 0 aliphatic heterocycles. The number of carbonyl (C=O) groups is 1. The quantitative estimate of drug-likeness (QED) is 0.605. The molecule has 0 aliphatic rings. The van der Waals surface area contributed by atoms with E-state index in [4.69, 9.17) is 9.84 Å². The Labute approximate surface area is 85.2 Å². The summed E-state index contributed by atoms with van der Waals surface area (Å²) in [6.45, 7) is 1.38. The summed E-state index contributed by atoms with van der Waals surface area (Å²) in [4.78, 5) is 20.8. The van der Waals surface area contributed by atoms with Crippen molar-refractivity contribution in [3.05, 3.63) is 33.4 Å². The van der Waals surface area contributed by atoms with E-state index in [0.29, 0.717) is 0 Å². The van der Waals surface area contributed by atoms with Crippen LogP contribution in [0, 0.1) is 17.0 Å². The van der Waals surface area contributed by atoms with Gasteiger partial charge >= 0.3 is 11.7 Å². The van der Waals surface area contributed by atoms with Crippen LogP contribution in [0.5, 0.6) is 5.75 Å². The van der Waals surface area contributed by atoms with E-state index in [-0.39, 0.29) is 22.6 Å². The first-order chi connectivity index (χ1) is 6.99. The molecule has 0 aliphatic carbocycles. The van der Waals surface area contributed by atoms with Gasteiger partial charge in [-0.1, -0.05) is 0 Å². The number of carboxylic acids is 1. The molecule has 6 heteroatoms. The lowest BCUT2D eigenvalue weighted by molar-refractivity contribution is -0.386. The molecule has 0 bridgehead atoms. The third-order valence-corrected chi connectivity index (χ3v) is 2.03. The number of hydrogen-bond donors (Lipinski definition) is 1. The second-order valence-electron chi connectivity index (χ2n) is 2.85. The Hall–Kier alpha value is -2.11. The summed E-state index contributed by atoms with van der Waals surface area (Å²) in [6, 6.07) is 2.55. The van der Waals surface area contributed by atoms with Gasteiger partial charge in [0.25, 0.3) is 0 Å². The van der Waals surface area contributed by atoms with Gasteiger partial charge in [-0.15, -0.1) is 0 Å². The predicted molar refractivity (Wildman–Crippen MR) is 51.3 cm³/mol. The second-order valence-corrected chi connectivity index (χ2v) is 2.85. The lowest BCUT2D eigenvalue weighted by Gasteiger charge is -2.06. The van der Waals surface area contributed by atoms with Crippen LogP contribution < -0.4 is 4.74 Å². The standard InChI is InChI=1S/C9H9NO5/c1-5-6(9(11)12)3-4-7(15-2)8(5)10(13)14/h3-4H,1-2H3,(H,11,12). The van der Waals surface area contributed by atoms with Crippen molar-refractivity contribution < 1.29 is 19.6 Å². The smallest absolute Gasteiger partial charge is 0.336 e. The molecule has 0 atom stereocenters. The normalized spacial score (nSPS) is 9.73. The molecule has 0 aromatic heterocycles. The molecule has 80 valence electrons. The molecule has 6 nitrogen and oxygen atoms in total. The minimum Gasteiger partial charge on any atom is -0.490 e. The molecule has 0 spiro atoms.